The van der Waals surface area contributed by atoms with Crippen LogP contribution in [0.2, 0.25) is 0 Å². The minimum atomic E-state index is -0.486. The number of carbonyl (C=O) groups excluding carboxylic acids is 1. The van der Waals surface area contributed by atoms with Gasteiger partial charge in [0.2, 0.25) is 0 Å². The number of methoxy groups -OCH3 is 1. The van der Waals surface area contributed by atoms with Gasteiger partial charge < -0.3 is 14.8 Å². The normalized spacial score (nSPS) is 25.4. The van der Waals surface area contributed by atoms with Crippen molar-refractivity contribution in [2.24, 2.45) is 0 Å². The second-order valence-corrected chi connectivity index (χ2v) is 5.10. The lowest BCUT2D eigenvalue weighted by atomic mass is 10.0. The van der Waals surface area contributed by atoms with E-state index in [0.29, 0.717) is 31.2 Å². The second-order valence-electron chi connectivity index (χ2n) is 5.10. The topological polar surface area (TPSA) is 73.3 Å². The lowest BCUT2D eigenvalue weighted by molar-refractivity contribution is 0.00884. The number of hydrogen-bond donors (Lipinski definition) is 1. The maximum absolute atomic E-state index is 11.9. The molecular weight excluding hydrogens is 246 g/mol. The van der Waals surface area contributed by atoms with Crippen LogP contribution < -0.4 is 5.32 Å². The Kier molecular flexibility index (Phi) is 2.99. The highest BCUT2D eigenvalue weighted by Gasteiger charge is 2.37. The van der Waals surface area contributed by atoms with Gasteiger partial charge in [-0.25, -0.2) is 14.8 Å². The number of ether oxygens (including phenoxy) is 2. The Morgan fingerprint density at radius 1 is 1.42 bits per heavy atom. The van der Waals surface area contributed by atoms with Crippen LogP contribution in [0.3, 0.4) is 0 Å². The van der Waals surface area contributed by atoms with Gasteiger partial charge in [0, 0.05) is 25.3 Å². The number of esters is 1. The number of carbonyl (C=O) groups is 1. The van der Waals surface area contributed by atoms with Crippen LogP contribution in [0.25, 0.3) is 0 Å². The maximum atomic E-state index is 11.9. The summed E-state index contributed by atoms with van der Waals surface area (Å²) in [5.74, 6) is 0.179. The summed E-state index contributed by atoms with van der Waals surface area (Å²) in [4.78, 5) is 20.9. The maximum Gasteiger partial charge on any atom is 0.357 e. The van der Waals surface area contributed by atoms with Crippen LogP contribution in [-0.2, 0) is 28.2 Å². The minimum Gasteiger partial charge on any atom is -0.464 e. The summed E-state index contributed by atoms with van der Waals surface area (Å²) in [6, 6.07) is 0. The van der Waals surface area contributed by atoms with E-state index in [1.165, 1.54) is 7.11 Å². The number of nitrogens with zero attached hydrogens (tertiary/aromatic N) is 2. The van der Waals surface area contributed by atoms with Crippen LogP contribution in [0.1, 0.15) is 47.3 Å². The van der Waals surface area contributed by atoms with Gasteiger partial charge in [-0.15, -0.1) is 0 Å². The number of aromatic nitrogens is 2. The highest BCUT2D eigenvalue weighted by atomic mass is 16.5. The molecule has 1 aromatic rings. The fourth-order valence-electron chi connectivity index (χ4n) is 2.63. The average molecular weight is 263 g/mol. The highest BCUT2D eigenvalue weighted by Crippen LogP contribution is 2.34. The lowest BCUT2D eigenvalue weighted by Gasteiger charge is -2.22. The first-order chi connectivity index (χ1) is 9.14. The molecule has 6 nitrogen and oxygen atoms in total. The predicted molar refractivity (Wildman–Crippen MR) is 66.5 cm³/mol. The summed E-state index contributed by atoms with van der Waals surface area (Å²) in [5, 5.41) is 3.19. The standard InChI is InChI=1S/C13H17N3O3/c1-13(4-3-5-19-13)12-15-9-7-14-6-8(9)10(16-12)11(17)18-2/h14H,3-7H2,1-2H3. The molecule has 2 aliphatic rings. The molecule has 0 radical (unpaired) electrons. The van der Waals surface area contributed by atoms with E-state index in [2.05, 4.69) is 15.3 Å². The van der Waals surface area contributed by atoms with Crippen LogP contribution in [0.4, 0.5) is 0 Å². The molecule has 1 fully saturated rings. The Hall–Kier alpha value is -1.53. The van der Waals surface area contributed by atoms with E-state index < -0.39 is 11.6 Å². The first-order valence-electron chi connectivity index (χ1n) is 6.47. The lowest BCUT2D eigenvalue weighted by Crippen LogP contribution is -2.26. The molecule has 0 amide bonds. The average Bonchev–Trinajstić information content (AvgIpc) is 3.05. The molecule has 1 unspecified atom stereocenters. The van der Waals surface area contributed by atoms with Crippen molar-refractivity contribution < 1.29 is 14.3 Å². The Morgan fingerprint density at radius 2 is 2.26 bits per heavy atom. The molecule has 2 aliphatic heterocycles. The predicted octanol–water partition coefficient (Wildman–Crippen LogP) is 0.892. The largest absolute Gasteiger partial charge is 0.464 e. The molecule has 0 spiro atoms. The van der Waals surface area contributed by atoms with E-state index >= 15 is 0 Å². The van der Waals surface area contributed by atoms with E-state index in [-0.39, 0.29) is 0 Å². The van der Waals surface area contributed by atoms with Crippen LogP contribution >= 0.6 is 0 Å². The van der Waals surface area contributed by atoms with Crippen molar-refractivity contribution in [2.45, 2.75) is 38.5 Å². The molecule has 1 atom stereocenters. The molecule has 0 bridgehead atoms. The van der Waals surface area contributed by atoms with Crippen molar-refractivity contribution in [2.75, 3.05) is 13.7 Å². The Labute approximate surface area is 111 Å². The summed E-state index contributed by atoms with van der Waals surface area (Å²) >= 11 is 0. The number of hydrogen-bond acceptors (Lipinski definition) is 6. The number of rotatable bonds is 2. The first kappa shape index (κ1) is 12.5. The van der Waals surface area contributed by atoms with Crippen molar-refractivity contribution in [3.63, 3.8) is 0 Å². The van der Waals surface area contributed by atoms with Gasteiger partial charge in [0.15, 0.2) is 11.5 Å². The van der Waals surface area contributed by atoms with Crippen molar-refractivity contribution >= 4 is 5.97 Å². The van der Waals surface area contributed by atoms with Crippen LogP contribution in [-0.4, -0.2) is 29.7 Å². The van der Waals surface area contributed by atoms with Crippen molar-refractivity contribution in [1.82, 2.24) is 15.3 Å². The third kappa shape index (κ3) is 2.01. The smallest absolute Gasteiger partial charge is 0.357 e. The van der Waals surface area contributed by atoms with Crippen LogP contribution in [0, 0.1) is 0 Å². The molecule has 0 saturated carbocycles. The zero-order chi connectivity index (χ0) is 13.5. The third-order valence-corrected chi connectivity index (χ3v) is 3.76. The molecule has 19 heavy (non-hydrogen) atoms. The highest BCUT2D eigenvalue weighted by molar-refractivity contribution is 5.89. The molecule has 102 valence electrons. The molecule has 1 saturated heterocycles. The van der Waals surface area contributed by atoms with Crippen LogP contribution in [0.5, 0.6) is 0 Å². The molecule has 3 heterocycles. The van der Waals surface area contributed by atoms with E-state index in [4.69, 9.17) is 9.47 Å². The van der Waals surface area contributed by atoms with Gasteiger partial charge in [-0.1, -0.05) is 0 Å². The molecule has 6 heteroatoms. The first-order valence-corrected chi connectivity index (χ1v) is 6.47. The Morgan fingerprint density at radius 3 is 2.95 bits per heavy atom. The molecular formula is C13H17N3O3. The Balaban J connectivity index is 2.09. The minimum absolute atomic E-state index is 0.365. The van der Waals surface area contributed by atoms with Crippen molar-refractivity contribution in [3.05, 3.63) is 22.8 Å². The van der Waals surface area contributed by atoms with Gasteiger partial charge in [-0.05, 0) is 19.8 Å². The number of nitrogens with one attached hydrogen (secondary N) is 1. The summed E-state index contributed by atoms with van der Waals surface area (Å²) in [6.07, 6.45) is 1.86. The van der Waals surface area contributed by atoms with Crippen molar-refractivity contribution in [3.8, 4) is 0 Å². The summed E-state index contributed by atoms with van der Waals surface area (Å²) in [6.45, 7) is 3.95. The zero-order valence-corrected chi connectivity index (χ0v) is 11.2. The van der Waals surface area contributed by atoms with Crippen molar-refractivity contribution in [1.29, 1.82) is 0 Å². The van der Waals surface area contributed by atoms with Gasteiger partial charge in [0.25, 0.3) is 0 Å². The summed E-state index contributed by atoms with van der Waals surface area (Å²) in [5.41, 5.74) is 1.60. The fraction of sp³-hybridized carbons (Fsp3) is 0.615. The van der Waals surface area contributed by atoms with Gasteiger partial charge in [0.1, 0.15) is 5.60 Å². The van der Waals surface area contributed by atoms with Gasteiger partial charge in [-0.2, -0.15) is 0 Å². The third-order valence-electron chi connectivity index (χ3n) is 3.76. The number of fused-ring (bicyclic) bond motifs is 1. The Bertz CT molecular complexity index is 524. The van der Waals surface area contributed by atoms with E-state index in [1.807, 2.05) is 6.92 Å². The molecule has 1 aromatic heterocycles. The molecule has 3 rings (SSSR count). The van der Waals surface area contributed by atoms with Gasteiger partial charge in [-0.3, -0.25) is 0 Å². The molecule has 1 N–H and O–H groups in total. The SMILES string of the molecule is COC(=O)c1nc(C2(C)CCCO2)nc2c1CNC2. The van der Waals surface area contributed by atoms with Crippen LogP contribution in [0.15, 0.2) is 0 Å². The fourth-order valence-corrected chi connectivity index (χ4v) is 2.63. The molecule has 0 aromatic carbocycles. The van der Waals surface area contributed by atoms with E-state index in [0.717, 1.165) is 24.1 Å². The molecule has 0 aliphatic carbocycles. The second kappa shape index (κ2) is 4.54. The monoisotopic (exact) mass is 263 g/mol. The van der Waals surface area contributed by atoms with E-state index in [9.17, 15) is 4.79 Å². The van der Waals surface area contributed by atoms with Gasteiger partial charge in [0.05, 0.1) is 12.8 Å². The quantitative estimate of drug-likeness (QED) is 0.799. The zero-order valence-electron chi connectivity index (χ0n) is 11.2. The van der Waals surface area contributed by atoms with E-state index in [1.54, 1.807) is 0 Å². The van der Waals surface area contributed by atoms with Gasteiger partial charge >= 0.3 is 5.97 Å². The summed E-state index contributed by atoms with van der Waals surface area (Å²) < 4.78 is 10.6. The summed E-state index contributed by atoms with van der Waals surface area (Å²) in [7, 11) is 1.37.